The van der Waals surface area contributed by atoms with Gasteiger partial charge < -0.3 is 5.11 Å². The Labute approximate surface area is 68.3 Å². The van der Waals surface area contributed by atoms with Crippen LogP contribution in [-0.4, -0.2) is 30.1 Å². The predicted molar refractivity (Wildman–Crippen MR) is 45.2 cm³/mol. The molecule has 0 bridgehead atoms. The highest BCUT2D eigenvalue weighted by atomic mass is 32.2. The van der Waals surface area contributed by atoms with E-state index >= 15 is 0 Å². The molecule has 0 saturated carbocycles. The topological polar surface area (TPSA) is 54.4 Å². The molecule has 3 nitrogen and oxygen atoms in total. The lowest BCUT2D eigenvalue weighted by Crippen LogP contribution is -2.37. The van der Waals surface area contributed by atoms with E-state index in [0.717, 1.165) is 0 Å². The van der Waals surface area contributed by atoms with Crippen molar-refractivity contribution in [1.82, 2.24) is 0 Å². The van der Waals surface area contributed by atoms with Gasteiger partial charge in [0.25, 0.3) is 0 Å². The number of hydrogen-bond acceptors (Lipinski definition) is 3. The van der Waals surface area contributed by atoms with Crippen LogP contribution in [0.25, 0.3) is 0 Å². The average molecular weight is 180 g/mol. The van der Waals surface area contributed by atoms with Crippen molar-refractivity contribution in [3.05, 3.63) is 0 Å². The van der Waals surface area contributed by atoms with E-state index in [4.69, 9.17) is 5.11 Å². The van der Waals surface area contributed by atoms with Gasteiger partial charge >= 0.3 is 0 Å². The smallest absolute Gasteiger partial charge is 0.160 e. The van der Waals surface area contributed by atoms with Crippen molar-refractivity contribution in [2.75, 3.05) is 6.61 Å². The van der Waals surface area contributed by atoms with Gasteiger partial charge in [0, 0.05) is 0 Å². The molecule has 0 aliphatic carbocycles. The van der Waals surface area contributed by atoms with E-state index in [1.807, 2.05) is 0 Å². The van der Waals surface area contributed by atoms with Crippen LogP contribution >= 0.6 is 0 Å². The zero-order valence-electron chi connectivity index (χ0n) is 7.46. The highest BCUT2D eigenvalue weighted by molar-refractivity contribution is 7.93. The van der Waals surface area contributed by atoms with Crippen molar-refractivity contribution >= 4 is 9.84 Å². The SMILES string of the molecule is C[C@H](CO)S(=O)(=O)C(C)(C)C. The third-order valence-corrected chi connectivity index (χ3v) is 4.56. The zero-order valence-corrected chi connectivity index (χ0v) is 8.27. The Morgan fingerprint density at radius 3 is 1.82 bits per heavy atom. The molecule has 0 rings (SSSR count). The minimum absolute atomic E-state index is 0.306. The van der Waals surface area contributed by atoms with Crippen LogP contribution in [0.15, 0.2) is 0 Å². The van der Waals surface area contributed by atoms with E-state index in [2.05, 4.69) is 0 Å². The molecule has 4 heteroatoms. The fourth-order valence-corrected chi connectivity index (χ4v) is 2.11. The summed E-state index contributed by atoms with van der Waals surface area (Å²) in [5.41, 5.74) is 0. The molecule has 0 aliphatic heterocycles. The van der Waals surface area contributed by atoms with Gasteiger partial charge in [0.2, 0.25) is 0 Å². The molecule has 1 N–H and O–H groups in total. The van der Waals surface area contributed by atoms with Gasteiger partial charge in [0.1, 0.15) is 0 Å². The summed E-state index contributed by atoms with van der Waals surface area (Å²) in [6.45, 7) is 6.11. The van der Waals surface area contributed by atoms with Gasteiger partial charge in [-0.15, -0.1) is 0 Å². The van der Waals surface area contributed by atoms with Crippen LogP contribution in [0, 0.1) is 0 Å². The Morgan fingerprint density at radius 2 is 1.73 bits per heavy atom. The van der Waals surface area contributed by atoms with E-state index in [9.17, 15) is 8.42 Å². The van der Waals surface area contributed by atoms with Crippen LogP contribution in [0.5, 0.6) is 0 Å². The summed E-state index contributed by atoms with van der Waals surface area (Å²) in [7, 11) is -3.18. The van der Waals surface area contributed by atoms with Crippen molar-refractivity contribution in [3.8, 4) is 0 Å². The second-order valence-corrected chi connectivity index (χ2v) is 6.77. The van der Waals surface area contributed by atoms with Crippen molar-refractivity contribution in [2.24, 2.45) is 0 Å². The molecule has 0 aromatic rings. The zero-order chi connectivity index (χ0) is 9.28. The number of aliphatic hydroxyl groups is 1. The number of sulfone groups is 1. The molecule has 0 saturated heterocycles. The summed E-state index contributed by atoms with van der Waals surface area (Å²) in [6, 6.07) is 0. The summed E-state index contributed by atoms with van der Waals surface area (Å²) in [5, 5.41) is 7.99. The second-order valence-electron chi connectivity index (χ2n) is 3.65. The third kappa shape index (κ3) is 2.17. The summed E-state index contributed by atoms with van der Waals surface area (Å²) in [5.74, 6) is 0. The maximum absolute atomic E-state index is 11.4. The predicted octanol–water partition coefficient (Wildman–Crippen LogP) is 0.581. The Morgan fingerprint density at radius 1 is 1.36 bits per heavy atom. The first-order chi connectivity index (χ1) is 4.73. The molecule has 0 heterocycles. The minimum Gasteiger partial charge on any atom is -0.395 e. The molecule has 0 aliphatic rings. The van der Waals surface area contributed by atoms with Crippen molar-refractivity contribution in [1.29, 1.82) is 0 Å². The minimum atomic E-state index is -3.18. The summed E-state index contributed by atoms with van der Waals surface area (Å²) in [6.07, 6.45) is 0. The summed E-state index contributed by atoms with van der Waals surface area (Å²) < 4.78 is 22.1. The van der Waals surface area contributed by atoms with Gasteiger partial charge in [-0.25, -0.2) is 8.42 Å². The quantitative estimate of drug-likeness (QED) is 0.676. The molecule has 0 amide bonds. The van der Waals surface area contributed by atoms with Crippen molar-refractivity contribution in [3.63, 3.8) is 0 Å². The Hall–Kier alpha value is -0.0900. The Bertz CT molecular complexity index is 210. The van der Waals surface area contributed by atoms with E-state index in [-0.39, 0.29) is 6.61 Å². The van der Waals surface area contributed by atoms with Crippen LogP contribution < -0.4 is 0 Å². The number of hydrogen-bond donors (Lipinski definition) is 1. The lowest BCUT2D eigenvalue weighted by atomic mass is 10.3. The van der Waals surface area contributed by atoms with E-state index < -0.39 is 19.8 Å². The van der Waals surface area contributed by atoms with Crippen LogP contribution in [0.1, 0.15) is 27.7 Å². The first-order valence-electron chi connectivity index (χ1n) is 3.57. The van der Waals surface area contributed by atoms with Crippen LogP contribution in [-0.2, 0) is 9.84 Å². The van der Waals surface area contributed by atoms with Gasteiger partial charge in [-0.2, -0.15) is 0 Å². The summed E-state index contributed by atoms with van der Waals surface area (Å²) in [4.78, 5) is 0. The molecular formula is C7H16O3S. The monoisotopic (exact) mass is 180 g/mol. The van der Waals surface area contributed by atoms with Crippen molar-refractivity contribution < 1.29 is 13.5 Å². The van der Waals surface area contributed by atoms with Crippen molar-refractivity contribution in [2.45, 2.75) is 37.7 Å². The van der Waals surface area contributed by atoms with Gasteiger partial charge in [0.15, 0.2) is 9.84 Å². The van der Waals surface area contributed by atoms with Crippen LogP contribution in [0.3, 0.4) is 0 Å². The third-order valence-electron chi connectivity index (χ3n) is 1.64. The van der Waals surface area contributed by atoms with E-state index in [1.54, 1.807) is 20.8 Å². The van der Waals surface area contributed by atoms with Gasteiger partial charge in [-0.05, 0) is 27.7 Å². The molecule has 0 unspecified atom stereocenters. The lowest BCUT2D eigenvalue weighted by Gasteiger charge is -2.22. The standard InChI is InChI=1S/C7H16O3S/c1-6(5-8)11(9,10)7(2,3)4/h6,8H,5H2,1-4H3/t6-/m1/s1. The lowest BCUT2D eigenvalue weighted by molar-refractivity contribution is 0.294. The molecule has 68 valence electrons. The van der Waals surface area contributed by atoms with Gasteiger partial charge in [-0.1, -0.05) is 0 Å². The molecule has 0 spiro atoms. The Balaban J connectivity index is 4.77. The number of aliphatic hydroxyl groups excluding tert-OH is 1. The van der Waals surface area contributed by atoms with Crippen LogP contribution in [0.2, 0.25) is 0 Å². The van der Waals surface area contributed by atoms with E-state index in [1.165, 1.54) is 6.92 Å². The molecular weight excluding hydrogens is 164 g/mol. The molecule has 11 heavy (non-hydrogen) atoms. The fraction of sp³-hybridized carbons (Fsp3) is 1.00. The average Bonchev–Trinajstić information content (AvgIpc) is 1.83. The highest BCUT2D eigenvalue weighted by Gasteiger charge is 2.33. The van der Waals surface area contributed by atoms with Gasteiger partial charge in [-0.3, -0.25) is 0 Å². The molecule has 1 atom stereocenters. The first-order valence-corrected chi connectivity index (χ1v) is 5.12. The van der Waals surface area contributed by atoms with E-state index in [0.29, 0.717) is 0 Å². The molecule has 0 aromatic carbocycles. The molecule has 0 aromatic heterocycles. The normalized spacial score (nSPS) is 16.5. The van der Waals surface area contributed by atoms with Gasteiger partial charge in [0.05, 0.1) is 16.6 Å². The summed E-state index contributed by atoms with van der Waals surface area (Å²) >= 11 is 0. The maximum atomic E-state index is 11.4. The number of rotatable bonds is 2. The second kappa shape index (κ2) is 3.11. The highest BCUT2D eigenvalue weighted by Crippen LogP contribution is 2.19. The van der Waals surface area contributed by atoms with Crippen LogP contribution in [0.4, 0.5) is 0 Å². The largest absolute Gasteiger partial charge is 0.395 e. The first kappa shape index (κ1) is 10.9. The fourth-order valence-electron chi connectivity index (χ4n) is 0.702. The molecule has 0 radical (unpaired) electrons. The maximum Gasteiger partial charge on any atom is 0.160 e. The molecule has 0 fully saturated rings. The Kier molecular flexibility index (Phi) is 3.08.